The Labute approximate surface area is 167 Å². The van der Waals surface area contributed by atoms with E-state index in [4.69, 9.17) is 9.47 Å². The molecule has 2 aromatic carbocycles. The lowest BCUT2D eigenvalue weighted by atomic mass is 9.81. The minimum Gasteiger partial charge on any atom is -0.370 e. The smallest absolute Gasteiger partial charge is 0.184 e. The summed E-state index contributed by atoms with van der Waals surface area (Å²) in [5, 5.41) is 10.1. The van der Waals surface area contributed by atoms with E-state index in [0.29, 0.717) is 5.56 Å². The second-order valence-electron chi connectivity index (χ2n) is 7.96. The van der Waals surface area contributed by atoms with Crippen molar-refractivity contribution in [1.29, 1.82) is 5.26 Å². The van der Waals surface area contributed by atoms with Gasteiger partial charge in [-0.25, -0.2) is 0 Å². The van der Waals surface area contributed by atoms with E-state index < -0.39 is 6.29 Å². The largest absolute Gasteiger partial charge is 0.370 e. The summed E-state index contributed by atoms with van der Waals surface area (Å²) in [5.41, 5.74) is 7.82. The topological polar surface area (TPSA) is 45.5 Å². The van der Waals surface area contributed by atoms with Crippen molar-refractivity contribution in [2.45, 2.75) is 38.9 Å². The molecule has 2 aliphatic rings. The van der Waals surface area contributed by atoms with Gasteiger partial charge in [-0.2, -0.15) is 5.26 Å². The van der Waals surface area contributed by atoms with Crippen LogP contribution in [0.25, 0.3) is 11.1 Å². The monoisotopic (exact) mass is 376 g/mol. The molecule has 0 saturated carbocycles. The summed E-state index contributed by atoms with van der Waals surface area (Å²) >= 11 is 0. The van der Waals surface area contributed by atoms with Crippen LogP contribution in [-0.2, 0) is 22.3 Å². The van der Waals surface area contributed by atoms with Crippen LogP contribution in [0.4, 0.5) is 5.69 Å². The fourth-order valence-electron chi connectivity index (χ4n) is 4.72. The zero-order valence-electron chi connectivity index (χ0n) is 17.0. The van der Waals surface area contributed by atoms with Crippen LogP contribution in [0.3, 0.4) is 0 Å². The zero-order valence-corrected chi connectivity index (χ0v) is 17.0. The van der Waals surface area contributed by atoms with Crippen LogP contribution in [0.2, 0.25) is 0 Å². The minimum atomic E-state index is -0.545. The lowest BCUT2D eigenvalue weighted by Crippen LogP contribution is -2.35. The summed E-state index contributed by atoms with van der Waals surface area (Å²) in [7, 11) is 3.26. The Morgan fingerprint density at radius 1 is 1.07 bits per heavy atom. The highest BCUT2D eigenvalue weighted by Crippen LogP contribution is 2.44. The van der Waals surface area contributed by atoms with Gasteiger partial charge in [0.15, 0.2) is 6.29 Å². The van der Waals surface area contributed by atoms with E-state index in [1.54, 1.807) is 14.2 Å². The second kappa shape index (κ2) is 7.95. The highest BCUT2D eigenvalue weighted by molar-refractivity contribution is 5.83. The number of nitrogens with zero attached hydrogens (tertiary/aromatic N) is 2. The maximum absolute atomic E-state index is 10.1. The molecule has 28 heavy (non-hydrogen) atoms. The van der Waals surface area contributed by atoms with Crippen molar-refractivity contribution in [2.75, 3.05) is 32.2 Å². The number of hydrogen-bond acceptors (Lipinski definition) is 4. The van der Waals surface area contributed by atoms with Gasteiger partial charge in [-0.15, -0.1) is 0 Å². The van der Waals surface area contributed by atoms with Crippen molar-refractivity contribution in [3.63, 3.8) is 0 Å². The first-order chi connectivity index (χ1) is 13.7. The maximum atomic E-state index is 10.1. The molecule has 2 aromatic rings. The number of nitriles is 1. The first kappa shape index (κ1) is 19.0. The van der Waals surface area contributed by atoms with Crippen molar-refractivity contribution in [2.24, 2.45) is 5.92 Å². The highest BCUT2D eigenvalue weighted by Gasteiger charge is 2.30. The fourth-order valence-corrected chi connectivity index (χ4v) is 4.72. The van der Waals surface area contributed by atoms with E-state index in [1.165, 1.54) is 35.1 Å². The molecule has 0 N–H and O–H groups in total. The fraction of sp³-hybridized carbons (Fsp3) is 0.458. The quantitative estimate of drug-likeness (QED) is 0.716. The first-order valence-electron chi connectivity index (χ1n) is 10.2. The number of hydrogen-bond donors (Lipinski definition) is 0. The lowest BCUT2D eigenvalue weighted by molar-refractivity contribution is -0.106. The molecule has 0 spiro atoms. The SMILES string of the molecule is COC(OC)c1cc2c(c(N3CCC(C)CC3)c1C#N)CCc1ccccc1-2. The van der Waals surface area contributed by atoms with Crippen LogP contribution in [0.1, 0.15) is 48.3 Å². The summed E-state index contributed by atoms with van der Waals surface area (Å²) in [6.45, 7) is 4.31. The van der Waals surface area contributed by atoms with Crippen LogP contribution >= 0.6 is 0 Å². The summed E-state index contributed by atoms with van der Waals surface area (Å²) in [6, 6.07) is 13.2. The Balaban J connectivity index is 1.96. The molecule has 1 fully saturated rings. The molecular formula is C24H28N2O2. The number of fused-ring (bicyclic) bond motifs is 3. The van der Waals surface area contributed by atoms with Crippen LogP contribution in [0.5, 0.6) is 0 Å². The van der Waals surface area contributed by atoms with Crippen molar-refractivity contribution in [3.05, 3.63) is 52.6 Å². The Kier molecular flexibility index (Phi) is 5.39. The molecule has 0 unspecified atom stereocenters. The number of ether oxygens (including phenoxy) is 2. The van der Waals surface area contributed by atoms with Gasteiger partial charge < -0.3 is 14.4 Å². The molecule has 0 atom stereocenters. The van der Waals surface area contributed by atoms with Gasteiger partial charge in [0.2, 0.25) is 0 Å². The van der Waals surface area contributed by atoms with E-state index in [2.05, 4.69) is 48.2 Å². The molecule has 0 bridgehead atoms. The van der Waals surface area contributed by atoms with E-state index in [1.807, 2.05) is 0 Å². The Bertz CT molecular complexity index is 904. The summed E-state index contributed by atoms with van der Waals surface area (Å²) < 4.78 is 11.1. The van der Waals surface area contributed by atoms with Crippen LogP contribution in [0, 0.1) is 17.2 Å². The van der Waals surface area contributed by atoms with Crippen molar-refractivity contribution >= 4 is 5.69 Å². The molecule has 4 heteroatoms. The number of piperidine rings is 1. The first-order valence-corrected chi connectivity index (χ1v) is 10.2. The summed E-state index contributed by atoms with van der Waals surface area (Å²) in [4.78, 5) is 2.43. The van der Waals surface area contributed by atoms with Gasteiger partial charge in [0.05, 0.1) is 11.3 Å². The number of anilines is 1. The Morgan fingerprint density at radius 3 is 2.46 bits per heavy atom. The molecule has 146 valence electrons. The molecule has 1 aliphatic carbocycles. The Morgan fingerprint density at radius 2 is 1.79 bits per heavy atom. The number of methoxy groups -OCH3 is 2. The van der Waals surface area contributed by atoms with Crippen LogP contribution in [-0.4, -0.2) is 27.3 Å². The minimum absolute atomic E-state index is 0.545. The average molecular weight is 377 g/mol. The third-order valence-corrected chi connectivity index (χ3v) is 6.28. The number of aryl methyl sites for hydroxylation is 1. The molecule has 0 amide bonds. The van der Waals surface area contributed by atoms with Gasteiger partial charge in [0.25, 0.3) is 0 Å². The van der Waals surface area contributed by atoms with Gasteiger partial charge >= 0.3 is 0 Å². The highest BCUT2D eigenvalue weighted by atomic mass is 16.7. The molecule has 0 aromatic heterocycles. The second-order valence-corrected chi connectivity index (χ2v) is 7.96. The molecular weight excluding hydrogens is 348 g/mol. The van der Waals surface area contributed by atoms with Gasteiger partial charge in [0.1, 0.15) is 6.07 Å². The van der Waals surface area contributed by atoms with E-state index in [-0.39, 0.29) is 0 Å². The summed E-state index contributed by atoms with van der Waals surface area (Å²) in [6.07, 6.45) is 3.77. The molecule has 1 heterocycles. The summed E-state index contributed by atoms with van der Waals surface area (Å²) in [5.74, 6) is 0.743. The van der Waals surface area contributed by atoms with E-state index >= 15 is 0 Å². The van der Waals surface area contributed by atoms with Crippen molar-refractivity contribution in [1.82, 2.24) is 0 Å². The van der Waals surface area contributed by atoms with Crippen molar-refractivity contribution < 1.29 is 9.47 Å². The molecule has 0 radical (unpaired) electrons. The molecule has 4 rings (SSSR count). The van der Waals surface area contributed by atoms with E-state index in [0.717, 1.165) is 43.1 Å². The van der Waals surface area contributed by atoms with Gasteiger partial charge in [-0.3, -0.25) is 0 Å². The molecule has 1 saturated heterocycles. The average Bonchev–Trinajstić information content (AvgIpc) is 2.74. The Hall–Kier alpha value is -2.35. The molecule has 4 nitrogen and oxygen atoms in total. The number of benzene rings is 2. The van der Waals surface area contributed by atoms with Crippen LogP contribution in [0.15, 0.2) is 30.3 Å². The van der Waals surface area contributed by atoms with Gasteiger partial charge in [-0.1, -0.05) is 31.2 Å². The van der Waals surface area contributed by atoms with Crippen molar-refractivity contribution in [3.8, 4) is 17.2 Å². The zero-order chi connectivity index (χ0) is 19.7. The normalized spacial score (nSPS) is 16.6. The van der Waals surface area contributed by atoms with Gasteiger partial charge in [0, 0.05) is 32.9 Å². The third kappa shape index (κ3) is 3.19. The van der Waals surface area contributed by atoms with Crippen LogP contribution < -0.4 is 4.90 Å². The van der Waals surface area contributed by atoms with E-state index in [9.17, 15) is 5.26 Å². The standard InChI is InChI=1S/C24H28N2O2/c1-16-10-12-26(13-11-16)23-19-9-8-17-6-4-5-7-18(17)20(19)14-21(22(23)15-25)24(27-2)28-3/h4-7,14,16,24H,8-13H2,1-3H3. The third-order valence-electron chi connectivity index (χ3n) is 6.28. The maximum Gasteiger partial charge on any atom is 0.184 e. The molecule has 1 aliphatic heterocycles. The number of rotatable bonds is 4. The van der Waals surface area contributed by atoms with Gasteiger partial charge in [-0.05, 0) is 59.9 Å². The predicted molar refractivity (Wildman–Crippen MR) is 111 cm³/mol. The predicted octanol–water partition coefficient (Wildman–Crippen LogP) is 4.85. The lowest BCUT2D eigenvalue weighted by Gasteiger charge is -2.37.